The minimum absolute atomic E-state index is 0.00621. The molecule has 1 aromatic rings. The number of hydrogen-bond acceptors (Lipinski definition) is 3. The summed E-state index contributed by atoms with van der Waals surface area (Å²) in [5, 5.41) is 8.85. The van der Waals surface area contributed by atoms with Crippen LogP contribution in [0.1, 0.15) is 6.42 Å². The second-order valence-electron chi connectivity index (χ2n) is 4.38. The van der Waals surface area contributed by atoms with Crippen LogP contribution in [0.3, 0.4) is 0 Å². The molecule has 1 saturated heterocycles. The second-order valence-corrected chi connectivity index (χ2v) is 7.14. The first kappa shape index (κ1) is 15.3. The van der Waals surface area contributed by atoms with Crippen molar-refractivity contribution in [3.05, 3.63) is 28.2 Å². The van der Waals surface area contributed by atoms with Crippen LogP contribution in [0.5, 0.6) is 0 Å². The molecular formula is C11H10BrF2NO4S. The zero-order chi connectivity index (χ0) is 15.1. The maximum atomic E-state index is 13.7. The lowest BCUT2D eigenvalue weighted by atomic mass is 10.1. The minimum atomic E-state index is -4.18. The molecule has 0 saturated carbocycles. The van der Waals surface area contributed by atoms with Gasteiger partial charge in [0.05, 0.1) is 10.4 Å². The number of carbonyl (C=O) groups is 1. The largest absolute Gasteiger partial charge is 0.481 e. The Kier molecular flexibility index (Phi) is 4.12. The molecule has 1 atom stereocenters. The third-order valence-corrected chi connectivity index (χ3v) is 5.58. The predicted octanol–water partition coefficient (Wildman–Crippen LogP) is 1.82. The van der Waals surface area contributed by atoms with Gasteiger partial charge in [0.15, 0.2) is 0 Å². The molecule has 0 aromatic heterocycles. The van der Waals surface area contributed by atoms with Crippen LogP contribution < -0.4 is 0 Å². The molecule has 0 spiro atoms. The van der Waals surface area contributed by atoms with E-state index in [1.165, 1.54) is 0 Å². The van der Waals surface area contributed by atoms with E-state index in [-0.39, 0.29) is 24.0 Å². The number of sulfonamides is 1. The maximum absolute atomic E-state index is 13.7. The summed E-state index contributed by atoms with van der Waals surface area (Å²) in [6.45, 7) is -0.222. The molecule has 0 aliphatic carbocycles. The molecule has 9 heteroatoms. The fraction of sp³-hybridized carbons (Fsp3) is 0.364. The van der Waals surface area contributed by atoms with Crippen LogP contribution in [-0.4, -0.2) is 36.9 Å². The van der Waals surface area contributed by atoms with E-state index in [0.29, 0.717) is 6.07 Å². The van der Waals surface area contributed by atoms with Gasteiger partial charge < -0.3 is 5.11 Å². The minimum Gasteiger partial charge on any atom is -0.481 e. The van der Waals surface area contributed by atoms with Crippen molar-refractivity contribution < 1.29 is 27.1 Å². The summed E-state index contributed by atoms with van der Waals surface area (Å²) in [5.74, 6) is -4.02. The van der Waals surface area contributed by atoms with Gasteiger partial charge in [-0.1, -0.05) is 0 Å². The first-order valence-electron chi connectivity index (χ1n) is 5.61. The van der Waals surface area contributed by atoms with Crippen molar-refractivity contribution in [2.24, 2.45) is 5.92 Å². The van der Waals surface area contributed by atoms with Gasteiger partial charge in [0, 0.05) is 19.2 Å². The Bertz CT molecular complexity index is 665. The van der Waals surface area contributed by atoms with E-state index < -0.39 is 38.4 Å². The van der Waals surface area contributed by atoms with Gasteiger partial charge in [-0.25, -0.2) is 17.2 Å². The van der Waals surface area contributed by atoms with Gasteiger partial charge >= 0.3 is 5.97 Å². The Morgan fingerprint density at radius 3 is 2.55 bits per heavy atom. The number of carboxylic acid groups (broad SMARTS) is 1. The van der Waals surface area contributed by atoms with Gasteiger partial charge in [-0.05, 0) is 28.4 Å². The summed E-state index contributed by atoms with van der Waals surface area (Å²) in [5.41, 5.74) is 0. The van der Waals surface area contributed by atoms with E-state index in [4.69, 9.17) is 5.11 Å². The van der Waals surface area contributed by atoms with Crippen molar-refractivity contribution in [2.75, 3.05) is 13.1 Å². The highest BCUT2D eigenvalue weighted by Gasteiger charge is 2.37. The Morgan fingerprint density at radius 1 is 1.35 bits per heavy atom. The molecular weight excluding hydrogens is 360 g/mol. The molecule has 110 valence electrons. The van der Waals surface area contributed by atoms with Crippen molar-refractivity contribution in [2.45, 2.75) is 11.3 Å². The van der Waals surface area contributed by atoms with Crippen LogP contribution >= 0.6 is 15.9 Å². The molecule has 1 heterocycles. The van der Waals surface area contributed by atoms with Crippen molar-refractivity contribution in [1.29, 1.82) is 0 Å². The molecule has 0 bridgehead atoms. The number of hydrogen-bond donors (Lipinski definition) is 1. The van der Waals surface area contributed by atoms with Crippen molar-refractivity contribution in [3.63, 3.8) is 0 Å². The number of rotatable bonds is 3. The molecule has 1 N–H and O–H groups in total. The first-order chi connectivity index (χ1) is 9.23. The van der Waals surface area contributed by atoms with E-state index >= 15 is 0 Å². The highest BCUT2D eigenvalue weighted by molar-refractivity contribution is 9.10. The summed E-state index contributed by atoms with van der Waals surface area (Å²) < 4.78 is 52.0. The maximum Gasteiger partial charge on any atom is 0.307 e. The molecule has 0 amide bonds. The van der Waals surface area contributed by atoms with Crippen molar-refractivity contribution in [1.82, 2.24) is 4.31 Å². The molecule has 0 radical (unpaired) electrons. The van der Waals surface area contributed by atoms with Gasteiger partial charge in [-0.3, -0.25) is 4.79 Å². The van der Waals surface area contributed by atoms with Gasteiger partial charge in [0.25, 0.3) is 0 Å². The number of halogens is 3. The quantitative estimate of drug-likeness (QED) is 0.824. The normalized spacial score (nSPS) is 20.2. The van der Waals surface area contributed by atoms with E-state index in [1.54, 1.807) is 0 Å². The van der Waals surface area contributed by atoms with E-state index in [0.717, 1.165) is 10.4 Å². The number of benzene rings is 1. The third kappa shape index (κ3) is 2.70. The lowest BCUT2D eigenvalue weighted by molar-refractivity contribution is -0.141. The molecule has 20 heavy (non-hydrogen) atoms. The molecule has 1 fully saturated rings. The average molecular weight is 370 g/mol. The molecule has 2 rings (SSSR count). The van der Waals surface area contributed by atoms with Crippen LogP contribution in [0.25, 0.3) is 0 Å². The highest BCUT2D eigenvalue weighted by Crippen LogP contribution is 2.29. The number of carboxylic acids is 1. The SMILES string of the molecule is O=C(O)C1CCN(S(=O)(=O)c2cc(Br)c(F)cc2F)C1. The number of aliphatic carboxylic acids is 1. The van der Waals surface area contributed by atoms with Crippen LogP contribution in [0.4, 0.5) is 8.78 Å². The molecule has 1 aromatic carbocycles. The lowest BCUT2D eigenvalue weighted by Gasteiger charge is -2.16. The lowest BCUT2D eigenvalue weighted by Crippen LogP contribution is -2.30. The fourth-order valence-electron chi connectivity index (χ4n) is 1.99. The highest BCUT2D eigenvalue weighted by atomic mass is 79.9. The zero-order valence-electron chi connectivity index (χ0n) is 10.0. The summed E-state index contributed by atoms with van der Waals surface area (Å²) >= 11 is 2.80. The molecule has 5 nitrogen and oxygen atoms in total. The van der Waals surface area contributed by atoms with Crippen molar-refractivity contribution in [3.8, 4) is 0 Å². The third-order valence-electron chi connectivity index (χ3n) is 3.09. The Balaban J connectivity index is 2.37. The predicted molar refractivity (Wildman–Crippen MR) is 68.6 cm³/mol. The van der Waals surface area contributed by atoms with E-state index in [9.17, 15) is 22.0 Å². The molecule has 1 aliphatic heterocycles. The number of nitrogens with zero attached hydrogens (tertiary/aromatic N) is 1. The van der Waals surface area contributed by atoms with Crippen LogP contribution in [0, 0.1) is 17.6 Å². The van der Waals surface area contributed by atoms with Crippen molar-refractivity contribution >= 4 is 31.9 Å². The van der Waals surface area contributed by atoms with Gasteiger partial charge in [0.2, 0.25) is 10.0 Å². The summed E-state index contributed by atoms with van der Waals surface area (Å²) in [4.78, 5) is 10.2. The summed E-state index contributed by atoms with van der Waals surface area (Å²) in [7, 11) is -4.18. The first-order valence-corrected chi connectivity index (χ1v) is 7.84. The van der Waals surface area contributed by atoms with E-state index in [1.807, 2.05) is 0 Å². The van der Waals surface area contributed by atoms with Crippen LogP contribution in [0.15, 0.2) is 21.5 Å². The molecule has 1 unspecified atom stereocenters. The monoisotopic (exact) mass is 369 g/mol. The zero-order valence-corrected chi connectivity index (χ0v) is 12.4. The summed E-state index contributed by atoms with van der Waals surface area (Å²) in [6, 6.07) is 1.32. The Morgan fingerprint density at radius 2 is 2.00 bits per heavy atom. The topological polar surface area (TPSA) is 74.7 Å². The second kappa shape index (κ2) is 5.38. The van der Waals surface area contributed by atoms with Crippen LogP contribution in [-0.2, 0) is 14.8 Å². The Hall–Kier alpha value is -1.06. The van der Waals surface area contributed by atoms with Crippen LogP contribution in [0.2, 0.25) is 0 Å². The molecule has 1 aliphatic rings. The van der Waals surface area contributed by atoms with E-state index in [2.05, 4.69) is 15.9 Å². The Labute approximate surface area is 122 Å². The van der Waals surface area contributed by atoms with Gasteiger partial charge in [-0.2, -0.15) is 4.31 Å². The fourth-order valence-corrected chi connectivity index (χ4v) is 4.06. The van der Waals surface area contributed by atoms with Gasteiger partial charge in [0.1, 0.15) is 16.5 Å². The standard InChI is InChI=1S/C11H10BrF2NO4S/c12-7-3-10(9(14)4-8(7)13)20(18,19)15-2-1-6(5-15)11(16)17/h3-4,6H,1-2,5H2,(H,16,17). The van der Waals surface area contributed by atoms with Gasteiger partial charge in [-0.15, -0.1) is 0 Å². The summed E-state index contributed by atoms with van der Waals surface area (Å²) in [6.07, 6.45) is 0.165. The smallest absolute Gasteiger partial charge is 0.307 e. The average Bonchev–Trinajstić information content (AvgIpc) is 2.83.